The maximum absolute atomic E-state index is 13.0. The third kappa shape index (κ3) is 4.08. The summed E-state index contributed by atoms with van der Waals surface area (Å²) in [4.78, 5) is 18.7. The van der Waals surface area contributed by atoms with E-state index in [-0.39, 0.29) is 17.6 Å². The number of guanidine groups is 1. The highest BCUT2D eigenvalue weighted by molar-refractivity contribution is 6.32. The number of nitrogens with zero attached hydrogens (tertiary/aromatic N) is 2. The summed E-state index contributed by atoms with van der Waals surface area (Å²) in [5.74, 6) is 1.58. The molecule has 0 atom stereocenters. The maximum atomic E-state index is 13.0. The van der Waals surface area contributed by atoms with E-state index < -0.39 is 0 Å². The topological polar surface area (TPSA) is 81.1 Å². The van der Waals surface area contributed by atoms with Gasteiger partial charge in [0.2, 0.25) is 5.96 Å². The molecule has 33 heavy (non-hydrogen) atoms. The van der Waals surface area contributed by atoms with Crippen molar-refractivity contribution in [2.24, 2.45) is 10.7 Å². The van der Waals surface area contributed by atoms with E-state index in [9.17, 15) is 4.79 Å². The molecule has 5 rings (SSSR count). The number of fused-ring (bicyclic) bond motifs is 1. The lowest BCUT2D eigenvalue weighted by molar-refractivity contribution is -0.123. The van der Waals surface area contributed by atoms with Crippen molar-refractivity contribution in [1.29, 1.82) is 0 Å². The second-order valence-corrected chi connectivity index (χ2v) is 8.03. The summed E-state index contributed by atoms with van der Waals surface area (Å²) in [5.41, 5.74) is 8.06. The minimum atomic E-state index is -0.272. The first-order valence-corrected chi connectivity index (χ1v) is 10.7. The third-order valence-corrected chi connectivity index (χ3v) is 5.77. The fraction of sp³-hybridized carbons (Fsp3) is 0.0769. The van der Waals surface area contributed by atoms with Gasteiger partial charge in [0.15, 0.2) is 0 Å². The predicted molar refractivity (Wildman–Crippen MR) is 130 cm³/mol. The fourth-order valence-corrected chi connectivity index (χ4v) is 4.04. The van der Waals surface area contributed by atoms with Gasteiger partial charge in [0.1, 0.15) is 23.0 Å². The molecule has 0 fully saturated rings. The molecule has 0 bridgehead atoms. The standard InChI is InChI=1S/C26H20ClN3O3/c1-32-24-10-8-19(13-21(24)27)23-11-9-20(33-23)14-22-25(31)30(26(28)29-22)15-16-6-7-17-4-2-3-5-18(17)12-16/h2-14H,15H2,1H3,(H2,28,29)/b22-14+. The number of methoxy groups -OCH3 is 1. The van der Waals surface area contributed by atoms with Crippen LogP contribution in [0.1, 0.15) is 11.3 Å². The van der Waals surface area contributed by atoms with Crippen molar-refractivity contribution in [1.82, 2.24) is 4.90 Å². The number of benzene rings is 3. The largest absolute Gasteiger partial charge is 0.495 e. The Morgan fingerprint density at radius 2 is 1.88 bits per heavy atom. The average molecular weight is 458 g/mol. The highest BCUT2D eigenvalue weighted by Gasteiger charge is 2.29. The van der Waals surface area contributed by atoms with E-state index in [1.807, 2.05) is 48.5 Å². The molecule has 0 spiro atoms. The molecular formula is C26H20ClN3O3. The highest BCUT2D eigenvalue weighted by atomic mass is 35.5. The molecule has 1 amide bonds. The first kappa shape index (κ1) is 20.8. The zero-order valence-electron chi connectivity index (χ0n) is 17.8. The average Bonchev–Trinajstić information content (AvgIpc) is 3.39. The Morgan fingerprint density at radius 1 is 1.06 bits per heavy atom. The number of carbonyl (C=O) groups excluding carboxylic acids is 1. The summed E-state index contributed by atoms with van der Waals surface area (Å²) in [6.45, 7) is 0.337. The molecule has 0 unspecified atom stereocenters. The molecule has 1 aromatic heterocycles. The van der Waals surface area contributed by atoms with Crippen LogP contribution in [0.4, 0.5) is 0 Å². The summed E-state index contributed by atoms with van der Waals surface area (Å²) in [5, 5.41) is 2.73. The Labute approximate surface area is 195 Å². The zero-order valence-corrected chi connectivity index (χ0v) is 18.5. The number of halogens is 1. The Hall–Kier alpha value is -4.03. The molecule has 1 aliphatic rings. The number of amides is 1. The van der Waals surface area contributed by atoms with Crippen molar-refractivity contribution in [2.45, 2.75) is 6.54 Å². The van der Waals surface area contributed by atoms with Gasteiger partial charge >= 0.3 is 0 Å². The molecule has 1 aliphatic heterocycles. The Kier molecular flexibility index (Phi) is 5.36. The van der Waals surface area contributed by atoms with Crippen LogP contribution in [0.2, 0.25) is 5.02 Å². The molecule has 7 heteroatoms. The Balaban J connectivity index is 1.36. The minimum absolute atomic E-state index is 0.160. The van der Waals surface area contributed by atoms with Crippen LogP contribution in [-0.2, 0) is 11.3 Å². The van der Waals surface area contributed by atoms with Crippen LogP contribution in [-0.4, -0.2) is 23.9 Å². The van der Waals surface area contributed by atoms with Gasteiger partial charge in [-0.3, -0.25) is 9.69 Å². The number of hydrogen-bond acceptors (Lipinski definition) is 5. The molecule has 4 aromatic rings. The molecule has 3 aromatic carbocycles. The van der Waals surface area contributed by atoms with Gasteiger partial charge in [-0.1, -0.05) is 48.0 Å². The van der Waals surface area contributed by atoms with E-state index >= 15 is 0 Å². The van der Waals surface area contributed by atoms with Crippen LogP contribution in [0.5, 0.6) is 5.75 Å². The van der Waals surface area contributed by atoms with Crippen LogP contribution in [0.3, 0.4) is 0 Å². The quantitative estimate of drug-likeness (QED) is 0.403. The smallest absolute Gasteiger partial charge is 0.279 e. The SMILES string of the molecule is COc1ccc(-c2ccc(/C=C3/N=C(N)N(Cc4ccc5ccccc5c4)C3=O)o2)cc1Cl. The number of hydrogen-bond donors (Lipinski definition) is 1. The monoisotopic (exact) mass is 457 g/mol. The molecule has 164 valence electrons. The van der Waals surface area contributed by atoms with Crippen molar-refractivity contribution in [2.75, 3.05) is 7.11 Å². The first-order chi connectivity index (χ1) is 16.0. The van der Waals surface area contributed by atoms with Crippen LogP contribution >= 0.6 is 11.6 Å². The van der Waals surface area contributed by atoms with Crippen molar-refractivity contribution < 1.29 is 13.9 Å². The van der Waals surface area contributed by atoms with E-state index in [0.717, 1.165) is 21.9 Å². The summed E-state index contributed by atoms with van der Waals surface area (Å²) in [6, 6.07) is 23.1. The highest BCUT2D eigenvalue weighted by Crippen LogP contribution is 2.32. The molecule has 0 radical (unpaired) electrons. The number of carbonyl (C=O) groups is 1. The van der Waals surface area contributed by atoms with Crippen LogP contribution in [0.25, 0.3) is 28.2 Å². The summed E-state index contributed by atoms with van der Waals surface area (Å²) >= 11 is 6.21. The predicted octanol–water partition coefficient (Wildman–Crippen LogP) is 5.46. The van der Waals surface area contributed by atoms with Gasteiger partial charge in [-0.15, -0.1) is 0 Å². The molecule has 0 aliphatic carbocycles. The van der Waals surface area contributed by atoms with Crippen molar-refractivity contribution in [3.05, 3.63) is 94.8 Å². The lowest BCUT2D eigenvalue weighted by Gasteiger charge is -2.15. The normalized spacial score (nSPS) is 14.8. The van der Waals surface area contributed by atoms with Gasteiger partial charge < -0.3 is 14.9 Å². The molecule has 0 saturated heterocycles. The van der Waals surface area contributed by atoms with Gasteiger partial charge in [0.25, 0.3) is 5.91 Å². The summed E-state index contributed by atoms with van der Waals surface area (Å²) < 4.78 is 11.1. The van der Waals surface area contributed by atoms with Gasteiger partial charge in [0, 0.05) is 11.6 Å². The number of nitrogens with two attached hydrogens (primary N) is 1. The van der Waals surface area contributed by atoms with E-state index in [1.165, 1.54) is 4.90 Å². The summed E-state index contributed by atoms with van der Waals surface area (Å²) in [7, 11) is 1.56. The first-order valence-electron chi connectivity index (χ1n) is 10.3. The van der Waals surface area contributed by atoms with Gasteiger partial charge in [-0.05, 0) is 52.7 Å². The number of aliphatic imine (C=N–C) groups is 1. The second kappa shape index (κ2) is 8.48. The number of rotatable bonds is 5. The lowest BCUT2D eigenvalue weighted by Crippen LogP contribution is -2.36. The van der Waals surface area contributed by atoms with Crippen LogP contribution in [0, 0.1) is 0 Å². The third-order valence-electron chi connectivity index (χ3n) is 5.47. The maximum Gasteiger partial charge on any atom is 0.279 e. The molecule has 0 saturated carbocycles. The van der Waals surface area contributed by atoms with Crippen molar-refractivity contribution in [3.63, 3.8) is 0 Å². The van der Waals surface area contributed by atoms with Crippen molar-refractivity contribution >= 4 is 40.3 Å². The minimum Gasteiger partial charge on any atom is -0.495 e. The van der Waals surface area contributed by atoms with E-state index in [1.54, 1.807) is 31.4 Å². The Bertz CT molecular complexity index is 1440. The van der Waals surface area contributed by atoms with E-state index in [2.05, 4.69) is 11.1 Å². The summed E-state index contributed by atoms with van der Waals surface area (Å²) in [6.07, 6.45) is 1.59. The van der Waals surface area contributed by atoms with Gasteiger partial charge in [-0.25, -0.2) is 4.99 Å². The molecule has 2 heterocycles. The van der Waals surface area contributed by atoms with E-state index in [0.29, 0.717) is 28.8 Å². The molecular weight excluding hydrogens is 438 g/mol. The van der Waals surface area contributed by atoms with Gasteiger partial charge in [-0.2, -0.15) is 0 Å². The molecule has 6 nitrogen and oxygen atoms in total. The van der Waals surface area contributed by atoms with Crippen LogP contribution in [0.15, 0.2) is 87.9 Å². The molecule has 2 N–H and O–H groups in total. The second-order valence-electron chi connectivity index (χ2n) is 7.62. The van der Waals surface area contributed by atoms with Crippen LogP contribution < -0.4 is 10.5 Å². The van der Waals surface area contributed by atoms with Gasteiger partial charge in [0.05, 0.1) is 18.7 Å². The fourth-order valence-electron chi connectivity index (χ4n) is 3.78. The number of furan rings is 1. The number of ether oxygens (including phenoxy) is 1. The Morgan fingerprint density at radius 3 is 2.67 bits per heavy atom. The van der Waals surface area contributed by atoms with E-state index in [4.69, 9.17) is 26.5 Å². The zero-order chi connectivity index (χ0) is 22.9. The lowest BCUT2D eigenvalue weighted by atomic mass is 10.1. The van der Waals surface area contributed by atoms with Crippen molar-refractivity contribution in [3.8, 4) is 17.1 Å².